The molecule has 0 saturated heterocycles. The van der Waals surface area contributed by atoms with Crippen LogP contribution in [0.2, 0.25) is 0 Å². The van der Waals surface area contributed by atoms with Crippen molar-refractivity contribution < 1.29 is 24.6 Å². The zero-order chi connectivity index (χ0) is 14.4. The molecule has 2 N–H and O–H groups in total. The Kier molecular flexibility index (Phi) is 5.47. The van der Waals surface area contributed by atoms with Gasteiger partial charge in [-0.2, -0.15) is 0 Å². The van der Waals surface area contributed by atoms with Gasteiger partial charge in [-0.25, -0.2) is 4.79 Å². The van der Waals surface area contributed by atoms with Crippen molar-refractivity contribution in [2.75, 3.05) is 13.7 Å². The van der Waals surface area contributed by atoms with Crippen LogP contribution in [0, 0.1) is 0 Å². The fraction of sp³-hybridized carbons (Fsp3) is 0.385. The molecule has 0 heterocycles. The SMILES string of the molecule is CC(C(=O)ON(C)[C@@H](CO)C(=O)O)c1ccccc1. The van der Waals surface area contributed by atoms with Crippen LogP contribution in [0.4, 0.5) is 0 Å². The maximum absolute atomic E-state index is 11.9. The van der Waals surface area contributed by atoms with E-state index in [-0.39, 0.29) is 0 Å². The van der Waals surface area contributed by atoms with Gasteiger partial charge < -0.3 is 15.1 Å². The second-order valence-electron chi connectivity index (χ2n) is 4.13. The van der Waals surface area contributed by atoms with Crippen molar-refractivity contribution in [2.24, 2.45) is 0 Å². The van der Waals surface area contributed by atoms with Crippen LogP contribution >= 0.6 is 0 Å². The van der Waals surface area contributed by atoms with Crippen molar-refractivity contribution in [3.05, 3.63) is 35.9 Å². The molecule has 104 valence electrons. The summed E-state index contributed by atoms with van der Waals surface area (Å²) in [5, 5.41) is 18.6. The van der Waals surface area contributed by atoms with E-state index in [9.17, 15) is 9.59 Å². The third kappa shape index (κ3) is 4.04. The third-order valence-corrected chi connectivity index (χ3v) is 2.78. The normalized spacial score (nSPS) is 13.9. The van der Waals surface area contributed by atoms with E-state index in [2.05, 4.69) is 0 Å². The minimum atomic E-state index is -1.27. The van der Waals surface area contributed by atoms with E-state index in [1.165, 1.54) is 7.05 Å². The second-order valence-corrected chi connectivity index (χ2v) is 4.13. The molecule has 0 amide bonds. The number of hydrogen-bond donors (Lipinski definition) is 2. The molecule has 0 radical (unpaired) electrons. The number of aliphatic hydroxyl groups is 1. The first-order chi connectivity index (χ1) is 8.97. The molecule has 0 aliphatic carbocycles. The van der Waals surface area contributed by atoms with Crippen LogP contribution in [-0.4, -0.2) is 46.9 Å². The number of hydrogen-bond acceptors (Lipinski definition) is 5. The second kappa shape index (κ2) is 6.86. The number of rotatable bonds is 6. The van der Waals surface area contributed by atoms with E-state index >= 15 is 0 Å². The van der Waals surface area contributed by atoms with Gasteiger partial charge in [-0.1, -0.05) is 30.3 Å². The van der Waals surface area contributed by atoms with Crippen molar-refractivity contribution in [3.8, 4) is 0 Å². The quantitative estimate of drug-likeness (QED) is 0.735. The molecule has 6 heteroatoms. The Hall–Kier alpha value is -1.92. The predicted molar refractivity (Wildman–Crippen MR) is 67.2 cm³/mol. The lowest BCUT2D eigenvalue weighted by Gasteiger charge is -2.23. The Labute approximate surface area is 111 Å². The van der Waals surface area contributed by atoms with Crippen LogP contribution in [0.3, 0.4) is 0 Å². The number of nitrogens with zero attached hydrogens (tertiary/aromatic N) is 1. The number of carbonyl (C=O) groups is 2. The summed E-state index contributed by atoms with van der Waals surface area (Å²) in [6, 6.07) is 7.73. The van der Waals surface area contributed by atoms with E-state index in [1.54, 1.807) is 31.2 Å². The number of carbonyl (C=O) groups excluding carboxylic acids is 1. The standard InChI is InChI=1S/C13H17NO5/c1-9(10-6-4-3-5-7-10)13(18)19-14(2)11(8-15)12(16)17/h3-7,9,11,15H,8H2,1-2H3,(H,16,17)/t9?,11-/m0/s1. The molecule has 19 heavy (non-hydrogen) atoms. The first-order valence-corrected chi connectivity index (χ1v) is 5.80. The summed E-state index contributed by atoms with van der Waals surface area (Å²) in [6.07, 6.45) is 0. The Balaban J connectivity index is 2.67. The van der Waals surface area contributed by atoms with Crippen LogP contribution in [0.15, 0.2) is 30.3 Å². The van der Waals surface area contributed by atoms with E-state index < -0.39 is 30.5 Å². The highest BCUT2D eigenvalue weighted by atomic mass is 16.7. The summed E-state index contributed by atoms with van der Waals surface area (Å²) in [4.78, 5) is 27.6. The summed E-state index contributed by atoms with van der Waals surface area (Å²) in [5.41, 5.74) is 0.775. The highest BCUT2D eigenvalue weighted by Crippen LogP contribution is 2.17. The lowest BCUT2D eigenvalue weighted by atomic mass is 10.0. The van der Waals surface area contributed by atoms with Gasteiger partial charge in [0.2, 0.25) is 0 Å². The minimum Gasteiger partial charge on any atom is -0.480 e. The molecule has 0 aromatic heterocycles. The summed E-state index contributed by atoms with van der Waals surface area (Å²) >= 11 is 0. The maximum atomic E-state index is 11.9. The predicted octanol–water partition coefficient (Wildman–Crippen LogP) is 0.626. The lowest BCUT2D eigenvalue weighted by Crippen LogP contribution is -2.43. The van der Waals surface area contributed by atoms with Gasteiger partial charge in [0.25, 0.3) is 0 Å². The molecule has 0 aliphatic rings. The first kappa shape index (κ1) is 15.1. The van der Waals surface area contributed by atoms with Gasteiger partial charge in [0.05, 0.1) is 12.5 Å². The zero-order valence-electron chi connectivity index (χ0n) is 10.8. The van der Waals surface area contributed by atoms with E-state index in [4.69, 9.17) is 15.1 Å². The monoisotopic (exact) mass is 267 g/mol. The van der Waals surface area contributed by atoms with Crippen molar-refractivity contribution in [2.45, 2.75) is 18.9 Å². The van der Waals surface area contributed by atoms with Gasteiger partial charge in [-0.05, 0) is 12.5 Å². The molecule has 1 aromatic carbocycles. The van der Waals surface area contributed by atoms with Gasteiger partial charge in [-0.3, -0.25) is 4.79 Å². The molecule has 1 aromatic rings. The largest absolute Gasteiger partial charge is 0.480 e. The van der Waals surface area contributed by atoms with E-state index in [0.717, 1.165) is 10.6 Å². The molecule has 0 aliphatic heterocycles. The Morgan fingerprint density at radius 2 is 1.89 bits per heavy atom. The molecule has 0 fully saturated rings. The third-order valence-electron chi connectivity index (χ3n) is 2.78. The maximum Gasteiger partial charge on any atom is 0.332 e. The Morgan fingerprint density at radius 3 is 2.37 bits per heavy atom. The van der Waals surface area contributed by atoms with Crippen LogP contribution < -0.4 is 0 Å². The van der Waals surface area contributed by atoms with Crippen LogP contribution in [-0.2, 0) is 14.4 Å². The van der Waals surface area contributed by atoms with Gasteiger partial charge in [0.15, 0.2) is 6.04 Å². The van der Waals surface area contributed by atoms with Crippen LogP contribution in [0.1, 0.15) is 18.4 Å². The van der Waals surface area contributed by atoms with E-state index in [1.807, 2.05) is 6.07 Å². The molecule has 1 unspecified atom stereocenters. The number of likely N-dealkylation sites (N-methyl/N-ethyl adjacent to an activating group) is 1. The summed E-state index contributed by atoms with van der Waals surface area (Å²) < 4.78 is 0. The molecule has 6 nitrogen and oxygen atoms in total. The minimum absolute atomic E-state index is 0.517. The van der Waals surface area contributed by atoms with Crippen molar-refractivity contribution in [3.63, 3.8) is 0 Å². The molecule has 2 atom stereocenters. The highest BCUT2D eigenvalue weighted by Gasteiger charge is 2.27. The average molecular weight is 267 g/mol. The molecule has 0 saturated carbocycles. The van der Waals surface area contributed by atoms with Crippen LogP contribution in [0.5, 0.6) is 0 Å². The van der Waals surface area contributed by atoms with Gasteiger partial charge in [0, 0.05) is 7.05 Å². The van der Waals surface area contributed by atoms with E-state index in [0.29, 0.717) is 0 Å². The molecular formula is C13H17NO5. The van der Waals surface area contributed by atoms with Crippen molar-refractivity contribution >= 4 is 11.9 Å². The molecule has 1 rings (SSSR count). The Morgan fingerprint density at radius 1 is 1.32 bits per heavy atom. The molecular weight excluding hydrogens is 250 g/mol. The first-order valence-electron chi connectivity index (χ1n) is 5.80. The molecule has 0 spiro atoms. The number of carboxylic acid groups (broad SMARTS) is 1. The molecule has 0 bridgehead atoms. The lowest BCUT2D eigenvalue weighted by molar-refractivity contribution is -0.203. The van der Waals surface area contributed by atoms with Gasteiger partial charge in [0.1, 0.15) is 0 Å². The van der Waals surface area contributed by atoms with Crippen LogP contribution in [0.25, 0.3) is 0 Å². The summed E-state index contributed by atoms with van der Waals surface area (Å²) in [5.74, 6) is -2.35. The van der Waals surface area contributed by atoms with Gasteiger partial charge >= 0.3 is 11.9 Å². The number of benzene rings is 1. The number of carboxylic acids is 1. The Bertz CT molecular complexity index is 434. The highest BCUT2D eigenvalue weighted by molar-refractivity contribution is 5.78. The van der Waals surface area contributed by atoms with Crippen molar-refractivity contribution in [1.82, 2.24) is 5.06 Å². The summed E-state index contributed by atoms with van der Waals surface area (Å²) in [6.45, 7) is 1.03. The smallest absolute Gasteiger partial charge is 0.332 e. The van der Waals surface area contributed by atoms with Crippen molar-refractivity contribution in [1.29, 1.82) is 0 Å². The van der Waals surface area contributed by atoms with Gasteiger partial charge in [-0.15, -0.1) is 5.06 Å². The number of hydroxylamine groups is 2. The zero-order valence-corrected chi connectivity index (χ0v) is 10.8. The summed E-state index contributed by atoms with van der Waals surface area (Å²) in [7, 11) is 1.30. The number of aliphatic hydroxyl groups excluding tert-OH is 1. The average Bonchev–Trinajstić information content (AvgIpc) is 2.39. The topological polar surface area (TPSA) is 87.1 Å². The fourth-order valence-corrected chi connectivity index (χ4v) is 1.51. The number of aliphatic carboxylic acids is 1. The fourth-order valence-electron chi connectivity index (χ4n) is 1.51.